The van der Waals surface area contributed by atoms with Gasteiger partial charge >= 0.3 is 12.1 Å². The zero-order valence-electron chi connectivity index (χ0n) is 56.0. The highest BCUT2D eigenvalue weighted by Gasteiger charge is 2.43. The highest BCUT2D eigenvalue weighted by molar-refractivity contribution is 7.09. The molecule has 1 unspecified atom stereocenters. The van der Waals surface area contributed by atoms with Gasteiger partial charge in [0.25, 0.3) is 5.91 Å². The average Bonchev–Trinajstić information content (AvgIpc) is 1.77. The second kappa shape index (κ2) is 37.0. The summed E-state index contributed by atoms with van der Waals surface area (Å²) in [4.78, 5) is 136. The highest BCUT2D eigenvalue weighted by atomic mass is 32.1. The van der Waals surface area contributed by atoms with Crippen molar-refractivity contribution < 1.29 is 52.6 Å². The number of benzene rings is 2. The third-order valence-corrected chi connectivity index (χ3v) is 19.3. The van der Waals surface area contributed by atoms with Gasteiger partial charge in [0.1, 0.15) is 5.78 Å². The quantitative estimate of drug-likeness (QED) is 0.0335. The van der Waals surface area contributed by atoms with Crippen LogP contribution in [0, 0.1) is 47.3 Å². The molecule has 1 saturated heterocycles. The summed E-state index contributed by atoms with van der Waals surface area (Å²) >= 11 is 1.56. The number of amides is 7. The molecule has 2 heterocycles. The number of urea groups is 1. The van der Waals surface area contributed by atoms with Gasteiger partial charge in [0.05, 0.1) is 35.7 Å². The molecule has 1 aliphatic heterocycles. The lowest BCUT2D eigenvalue weighted by molar-refractivity contribution is -0.148. The van der Waals surface area contributed by atoms with Crippen LogP contribution in [-0.4, -0.2) is 162 Å². The van der Waals surface area contributed by atoms with Crippen LogP contribution in [0.25, 0.3) is 0 Å². The zero-order valence-corrected chi connectivity index (χ0v) is 56.8. The average molecular weight is 1270 g/mol. The lowest BCUT2D eigenvalue weighted by Crippen LogP contribution is -2.54. The van der Waals surface area contributed by atoms with E-state index < -0.39 is 77.8 Å². The molecule has 0 radical (unpaired) electrons. The molecule has 3 aromatic rings. The van der Waals surface area contributed by atoms with Crippen LogP contribution in [0.2, 0.25) is 0 Å². The van der Waals surface area contributed by atoms with Gasteiger partial charge in [-0.3, -0.25) is 33.6 Å². The fourth-order valence-electron chi connectivity index (χ4n) is 12.5. The largest absolute Gasteiger partial charge is 0.431 e. The minimum atomic E-state index is -1.51. The van der Waals surface area contributed by atoms with Crippen molar-refractivity contribution >= 4 is 70.1 Å². The van der Waals surface area contributed by atoms with Crippen LogP contribution >= 0.6 is 11.3 Å². The summed E-state index contributed by atoms with van der Waals surface area (Å²) in [7, 11) is 4.67. The summed E-state index contributed by atoms with van der Waals surface area (Å²) in [6, 6.07) is 13.0. The Labute approximate surface area is 539 Å². The normalized spacial score (nSPS) is 17.0. The number of likely N-dealkylation sites (N-methyl/N-ethyl adjacent to an activating group) is 3. The van der Waals surface area contributed by atoms with E-state index in [1.807, 2.05) is 76.9 Å². The number of primary amides is 1. The van der Waals surface area contributed by atoms with Crippen molar-refractivity contribution in [2.24, 2.45) is 64.5 Å². The molecule has 22 heteroatoms. The Morgan fingerprint density at radius 3 is 2.02 bits per heavy atom. The summed E-state index contributed by atoms with van der Waals surface area (Å²) in [6.45, 7) is 22.0. The number of Topliss-reactive ketones (excluding diaryl/α,β-unsaturated/α-hetero) is 3. The molecule has 1 aromatic heterocycles. The zero-order chi connectivity index (χ0) is 67.1. The highest BCUT2D eigenvalue weighted by Crippen LogP contribution is 2.36. The van der Waals surface area contributed by atoms with Crippen molar-refractivity contribution in [2.75, 3.05) is 59.2 Å². The Morgan fingerprint density at radius 2 is 1.47 bits per heavy atom. The van der Waals surface area contributed by atoms with E-state index in [0.29, 0.717) is 37.9 Å². The number of likely N-dealkylation sites (tertiary alicyclic amines) is 1. The molecule has 12 atom stereocenters. The molecule has 8 N–H and O–H groups in total. The predicted molar refractivity (Wildman–Crippen MR) is 352 cm³/mol. The maximum Gasteiger partial charge on any atom is 0.411 e. The number of hydrogen-bond donors (Lipinski definition) is 5. The van der Waals surface area contributed by atoms with Gasteiger partial charge in [-0.05, 0) is 86.3 Å². The minimum absolute atomic E-state index is 0.00378. The number of ether oxygens (including phenoxy) is 2. The third-order valence-electron chi connectivity index (χ3n) is 18.3. The molecular formula is C68H106N10O11S. The molecule has 0 spiro atoms. The van der Waals surface area contributed by atoms with Crippen molar-refractivity contribution in [3.63, 3.8) is 0 Å². The fraction of sp³-hybridized carbons (Fsp3) is 0.647. The minimum Gasteiger partial charge on any atom is -0.431 e. The number of aromatic nitrogens is 1. The second-order valence-electron chi connectivity index (χ2n) is 25.6. The summed E-state index contributed by atoms with van der Waals surface area (Å²) in [5.74, 6) is -5.20. The maximum atomic E-state index is 15.0. The SMILES string of the molecule is CC[C@H](C)[C@@H]([C@@H](CC(=O)N1CCC[C@H]1[C@H](C)[C@@H](C)C(=O)C[C@@H](Cc1ccccc1)c1nccs1)OC)N(C)C(=O)[C@@H](CC(=O)[C@H](C(C)C)N(C)C(=O)OC(C(=O)N(CC)CCN)c1ccc(NC(=O)[C@H](CCCNC(N)=O)CC(=O)[C@@H](N)C(C)C)cc1)C(C)C. The van der Waals surface area contributed by atoms with E-state index in [1.165, 1.54) is 29.0 Å². The number of ketones is 3. The number of carbonyl (C=O) groups excluding carboxylic acids is 9. The predicted octanol–water partition coefficient (Wildman–Crippen LogP) is 8.79. The molecule has 0 bridgehead atoms. The Balaban J connectivity index is 1.52. The summed E-state index contributed by atoms with van der Waals surface area (Å²) in [5.41, 5.74) is 19.0. The number of nitrogens with two attached hydrogens (primary N) is 3. The van der Waals surface area contributed by atoms with Crippen molar-refractivity contribution in [1.29, 1.82) is 0 Å². The van der Waals surface area contributed by atoms with Crippen LogP contribution in [-0.2, 0) is 49.5 Å². The Hall–Kier alpha value is -6.62. The number of thiazole rings is 1. The lowest BCUT2D eigenvalue weighted by atomic mass is 9.81. The number of rotatable bonds is 38. The number of anilines is 1. The van der Waals surface area contributed by atoms with E-state index >= 15 is 4.79 Å². The van der Waals surface area contributed by atoms with Crippen molar-refractivity contribution in [2.45, 2.75) is 183 Å². The standard InChI is InChI=1S/C68H106N10O11S/c1-15-44(9)61(57(88-14)40-58(82)78-33-21-25-53(78)45(10)46(11)54(79)38-50(64-72-32-35-90-64)36-47-22-18-17-19-23-47)75(12)65(84)52(41(3)4)39-56(81)60(43(7)8)76(13)68(87)89-62(66(85)77(16-2)34-30-69)48-26-28-51(29-27-48)74-63(83)49(24-20-31-73-67(71)86)37-55(80)59(70)42(5)6/h17-19,22-23,26-29,32,35,41-46,49-50,52-53,57,59-62H,15-16,20-21,24-25,30-31,33-34,36-40,69-70H2,1-14H3,(H,74,83)(H3,71,73,86)/t44-,45+,46+,49+,50+,52-,53-,57+,59-,60-,61-,62?/m0/s1. The van der Waals surface area contributed by atoms with Gasteiger partial charge in [-0.25, -0.2) is 14.6 Å². The van der Waals surface area contributed by atoms with Crippen LogP contribution in [0.3, 0.4) is 0 Å². The summed E-state index contributed by atoms with van der Waals surface area (Å²) in [6.07, 6.45) is 2.09. The van der Waals surface area contributed by atoms with Crippen LogP contribution in [0.1, 0.15) is 162 Å². The molecule has 500 valence electrons. The molecule has 1 fully saturated rings. The molecule has 7 amide bonds. The first-order chi connectivity index (χ1) is 42.6. The topological polar surface area (TPSA) is 300 Å². The fourth-order valence-corrected chi connectivity index (χ4v) is 13.2. The van der Waals surface area contributed by atoms with Crippen LogP contribution in [0.4, 0.5) is 15.3 Å². The van der Waals surface area contributed by atoms with Gasteiger partial charge in [0.2, 0.25) is 23.8 Å². The smallest absolute Gasteiger partial charge is 0.411 e. The van der Waals surface area contributed by atoms with Crippen LogP contribution < -0.4 is 27.8 Å². The van der Waals surface area contributed by atoms with E-state index in [1.54, 1.807) is 69.5 Å². The molecule has 0 aliphatic carbocycles. The van der Waals surface area contributed by atoms with Gasteiger partial charge in [-0.1, -0.05) is 118 Å². The second-order valence-corrected chi connectivity index (χ2v) is 26.6. The summed E-state index contributed by atoms with van der Waals surface area (Å²) in [5, 5.41) is 8.21. The number of nitrogens with one attached hydrogen (secondary N) is 2. The number of methoxy groups -OCH3 is 1. The molecule has 4 rings (SSSR count). The van der Waals surface area contributed by atoms with Crippen molar-refractivity contribution in [3.8, 4) is 0 Å². The van der Waals surface area contributed by atoms with E-state index in [-0.39, 0.29) is 122 Å². The number of nitrogens with zero attached hydrogens (tertiary/aromatic N) is 5. The van der Waals surface area contributed by atoms with Crippen molar-refractivity contribution in [3.05, 3.63) is 82.3 Å². The van der Waals surface area contributed by atoms with Crippen LogP contribution in [0.5, 0.6) is 0 Å². The Morgan fingerprint density at radius 1 is 0.800 bits per heavy atom. The number of carbonyl (C=O) groups is 9. The molecule has 90 heavy (non-hydrogen) atoms. The lowest BCUT2D eigenvalue weighted by Gasteiger charge is -2.41. The molecule has 1 aliphatic rings. The first-order valence-electron chi connectivity index (χ1n) is 32.3. The van der Waals surface area contributed by atoms with E-state index in [4.69, 9.17) is 26.7 Å². The van der Waals surface area contributed by atoms with E-state index in [0.717, 1.165) is 23.4 Å². The Kier molecular flexibility index (Phi) is 31.2. The molecule has 2 aromatic carbocycles. The van der Waals surface area contributed by atoms with Gasteiger partial charge in [0.15, 0.2) is 11.6 Å². The molecule has 21 nitrogen and oxygen atoms in total. The summed E-state index contributed by atoms with van der Waals surface area (Å²) < 4.78 is 12.3. The monoisotopic (exact) mass is 1270 g/mol. The molecular weight excluding hydrogens is 1160 g/mol. The van der Waals surface area contributed by atoms with Gasteiger partial charge < -0.3 is 56.9 Å². The first-order valence-corrected chi connectivity index (χ1v) is 33.2. The first kappa shape index (κ1) is 75.8. The van der Waals surface area contributed by atoms with E-state index in [9.17, 15) is 38.4 Å². The van der Waals surface area contributed by atoms with Gasteiger partial charge in [0, 0.05) is 126 Å². The third kappa shape index (κ3) is 21.5. The van der Waals surface area contributed by atoms with E-state index in [2.05, 4.69) is 34.7 Å². The van der Waals surface area contributed by atoms with Crippen molar-refractivity contribution in [1.82, 2.24) is 29.9 Å². The van der Waals surface area contributed by atoms with Gasteiger partial charge in [-0.15, -0.1) is 11.3 Å². The Bertz CT molecular complexity index is 2790. The van der Waals surface area contributed by atoms with Gasteiger partial charge in [-0.2, -0.15) is 0 Å². The number of hydrogen-bond acceptors (Lipinski definition) is 15. The molecule has 0 saturated carbocycles. The maximum absolute atomic E-state index is 15.0. The van der Waals surface area contributed by atoms with Crippen LogP contribution in [0.15, 0.2) is 66.2 Å².